The molecule has 0 spiro atoms. The molecule has 120 valence electrons. The Morgan fingerprint density at radius 2 is 1.88 bits per heavy atom. The molecule has 3 aromatic rings. The van der Waals surface area contributed by atoms with Gasteiger partial charge in [-0.2, -0.15) is 0 Å². The Kier molecular flexibility index (Phi) is 3.59. The third-order valence-corrected chi connectivity index (χ3v) is 7.24. The summed E-state index contributed by atoms with van der Waals surface area (Å²) >= 11 is 0.261. The predicted octanol–water partition coefficient (Wildman–Crippen LogP) is 2.18. The first-order chi connectivity index (χ1) is 11.5. The van der Waals surface area contributed by atoms with Crippen LogP contribution in [0.25, 0.3) is 11.3 Å². The van der Waals surface area contributed by atoms with E-state index in [-0.39, 0.29) is 20.4 Å². The van der Waals surface area contributed by atoms with Crippen molar-refractivity contribution in [2.75, 3.05) is 0 Å². The number of aryl methyl sites for hydroxylation is 2. The maximum atomic E-state index is 4.68. The molecule has 24 heavy (non-hydrogen) atoms. The molecule has 2 nitrogen and oxygen atoms in total. The summed E-state index contributed by atoms with van der Waals surface area (Å²) in [5.41, 5.74) is 6.79. The first kappa shape index (κ1) is 15.6. The molecule has 0 radical (unpaired) electrons. The summed E-state index contributed by atoms with van der Waals surface area (Å²) in [7, 11) is 2.11. The molecule has 0 atom stereocenters. The van der Waals surface area contributed by atoms with Crippen molar-refractivity contribution in [3.05, 3.63) is 71.5 Å². The van der Waals surface area contributed by atoms with Gasteiger partial charge in [0, 0.05) is 0 Å². The number of aromatic nitrogens is 2. The van der Waals surface area contributed by atoms with Crippen molar-refractivity contribution in [2.24, 2.45) is 7.05 Å². The van der Waals surface area contributed by atoms with Gasteiger partial charge in [-0.15, -0.1) is 0 Å². The van der Waals surface area contributed by atoms with Crippen LogP contribution in [0.1, 0.15) is 30.5 Å². The molecule has 2 aromatic heterocycles. The van der Waals surface area contributed by atoms with Crippen LogP contribution in [0.2, 0.25) is 0 Å². The van der Waals surface area contributed by atoms with E-state index in [2.05, 4.69) is 86.0 Å². The van der Waals surface area contributed by atoms with E-state index >= 15 is 0 Å². The summed E-state index contributed by atoms with van der Waals surface area (Å²) in [5.74, 6) is 0. The van der Waals surface area contributed by atoms with Crippen LogP contribution in [-0.2, 0) is 12.5 Å². The summed E-state index contributed by atoms with van der Waals surface area (Å²) in [6, 6.07) is 15.5. The van der Waals surface area contributed by atoms with Crippen molar-refractivity contribution in [3.8, 4) is 11.3 Å². The van der Waals surface area contributed by atoms with Crippen LogP contribution >= 0.6 is 0 Å². The summed E-state index contributed by atoms with van der Waals surface area (Å²) in [6.45, 7) is 6.87. The number of fused-ring (bicyclic) bond motifs is 2. The molecule has 1 aromatic carbocycles. The van der Waals surface area contributed by atoms with E-state index in [4.69, 9.17) is 0 Å². The molecular weight excluding hydrogens is 359 g/mol. The first-order valence-corrected chi connectivity index (χ1v) is 9.93. The molecular formula is C21H21N2Se+. The molecule has 0 fully saturated rings. The van der Waals surface area contributed by atoms with Crippen LogP contribution in [0.5, 0.6) is 0 Å². The molecule has 3 heterocycles. The van der Waals surface area contributed by atoms with E-state index in [1.54, 1.807) is 0 Å². The van der Waals surface area contributed by atoms with Crippen LogP contribution in [0.15, 0.2) is 54.9 Å². The molecule has 1 aliphatic heterocycles. The average Bonchev–Trinajstić information content (AvgIpc) is 2.56. The van der Waals surface area contributed by atoms with E-state index < -0.39 is 0 Å². The number of hydrogen-bond donors (Lipinski definition) is 0. The van der Waals surface area contributed by atoms with E-state index in [1.807, 2.05) is 6.20 Å². The topological polar surface area (TPSA) is 16.8 Å². The number of pyridine rings is 2. The summed E-state index contributed by atoms with van der Waals surface area (Å²) in [4.78, 5) is 4.68. The Labute approximate surface area is 149 Å². The van der Waals surface area contributed by atoms with Gasteiger partial charge >= 0.3 is 150 Å². The molecule has 4 rings (SSSR count). The zero-order valence-corrected chi connectivity index (χ0v) is 16.2. The zero-order valence-electron chi connectivity index (χ0n) is 14.5. The molecule has 3 heteroatoms. The average molecular weight is 380 g/mol. The molecule has 0 amide bonds. The van der Waals surface area contributed by atoms with Gasteiger partial charge < -0.3 is 0 Å². The van der Waals surface area contributed by atoms with E-state index in [0.29, 0.717) is 0 Å². The predicted molar refractivity (Wildman–Crippen MR) is 99.2 cm³/mol. The van der Waals surface area contributed by atoms with Gasteiger partial charge in [-0.1, -0.05) is 0 Å². The second kappa shape index (κ2) is 5.54. The van der Waals surface area contributed by atoms with E-state index in [1.165, 1.54) is 37.0 Å². The Balaban J connectivity index is 1.93. The number of hydrogen-bond acceptors (Lipinski definition) is 1. The standard InChI is InChI=1S/C21H21N2Se/c1-14-12-17-19(13-15(14)18-9-5-6-11-23(18)4)24-20-16(21(17,2)3)8-7-10-22-20/h5-13H,1-4H3/q+1. The van der Waals surface area contributed by atoms with E-state index in [0.717, 1.165) is 0 Å². The fourth-order valence-corrected chi connectivity index (χ4v) is 6.38. The summed E-state index contributed by atoms with van der Waals surface area (Å²) in [5, 5.41) is 0. The van der Waals surface area contributed by atoms with Crippen LogP contribution < -0.4 is 13.6 Å². The second-order valence-electron chi connectivity index (χ2n) is 6.94. The van der Waals surface area contributed by atoms with Crippen LogP contribution in [0, 0.1) is 6.92 Å². The molecule has 1 aliphatic rings. The first-order valence-electron chi connectivity index (χ1n) is 8.22. The van der Waals surface area contributed by atoms with Gasteiger partial charge in [-0.25, -0.2) is 0 Å². The monoisotopic (exact) mass is 381 g/mol. The Morgan fingerprint density at radius 3 is 2.67 bits per heavy atom. The van der Waals surface area contributed by atoms with Crippen molar-refractivity contribution in [3.63, 3.8) is 0 Å². The van der Waals surface area contributed by atoms with Gasteiger partial charge in [0.15, 0.2) is 0 Å². The maximum absolute atomic E-state index is 4.68. The van der Waals surface area contributed by atoms with Crippen molar-refractivity contribution >= 4 is 24.0 Å². The second-order valence-corrected chi connectivity index (χ2v) is 9.11. The van der Waals surface area contributed by atoms with Crippen molar-refractivity contribution in [1.29, 1.82) is 0 Å². The Morgan fingerprint density at radius 1 is 1.04 bits per heavy atom. The van der Waals surface area contributed by atoms with Crippen molar-refractivity contribution < 1.29 is 4.57 Å². The van der Waals surface area contributed by atoms with Gasteiger partial charge in [-0.05, 0) is 0 Å². The third kappa shape index (κ3) is 2.31. The van der Waals surface area contributed by atoms with Crippen LogP contribution in [-0.4, -0.2) is 19.9 Å². The van der Waals surface area contributed by atoms with Gasteiger partial charge in [0.25, 0.3) is 0 Å². The van der Waals surface area contributed by atoms with Crippen molar-refractivity contribution in [1.82, 2.24) is 4.98 Å². The minimum atomic E-state index is 0.0150. The van der Waals surface area contributed by atoms with Gasteiger partial charge in [0.05, 0.1) is 0 Å². The number of benzene rings is 1. The molecule has 0 N–H and O–H groups in total. The number of nitrogens with zero attached hydrogens (tertiary/aromatic N) is 2. The SMILES string of the molecule is Cc1cc2c(cc1-c1cccc[n+]1C)[Se]c1ncccc1C2(C)C. The number of rotatable bonds is 1. The molecule has 0 unspecified atom stereocenters. The fraction of sp³-hybridized carbons (Fsp3) is 0.238. The minimum absolute atomic E-state index is 0.0150. The van der Waals surface area contributed by atoms with Crippen molar-refractivity contribution in [2.45, 2.75) is 26.2 Å². The Bertz CT molecular complexity index is 944. The fourth-order valence-electron chi connectivity index (χ4n) is 3.54. The summed E-state index contributed by atoms with van der Waals surface area (Å²) < 4.78 is 4.93. The van der Waals surface area contributed by atoms with E-state index in [9.17, 15) is 0 Å². The molecule has 0 bridgehead atoms. The van der Waals surface area contributed by atoms with Gasteiger partial charge in [0.1, 0.15) is 0 Å². The molecule has 0 aliphatic carbocycles. The third-order valence-electron chi connectivity index (χ3n) is 4.98. The molecule has 0 saturated heterocycles. The van der Waals surface area contributed by atoms with Gasteiger partial charge in [0.2, 0.25) is 0 Å². The van der Waals surface area contributed by atoms with Crippen LogP contribution in [0.4, 0.5) is 0 Å². The quantitative estimate of drug-likeness (QED) is 0.467. The molecule has 0 saturated carbocycles. The normalized spacial score (nSPS) is 14.8. The van der Waals surface area contributed by atoms with Crippen LogP contribution in [0.3, 0.4) is 0 Å². The summed E-state index contributed by atoms with van der Waals surface area (Å²) in [6.07, 6.45) is 4.04. The van der Waals surface area contributed by atoms with Gasteiger partial charge in [-0.3, -0.25) is 0 Å². The Hall–Kier alpha value is -1.96. The zero-order chi connectivity index (χ0) is 16.9.